The van der Waals surface area contributed by atoms with Gasteiger partial charge < -0.3 is 19.5 Å². The van der Waals surface area contributed by atoms with Crippen LogP contribution in [0.5, 0.6) is 0 Å². The molecule has 0 saturated carbocycles. The molecule has 0 spiro atoms. The van der Waals surface area contributed by atoms with E-state index in [2.05, 4.69) is 5.32 Å². The van der Waals surface area contributed by atoms with Crippen LogP contribution in [0.2, 0.25) is 0 Å². The highest BCUT2D eigenvalue weighted by molar-refractivity contribution is 5.82. The quantitative estimate of drug-likeness (QED) is 0.686. The van der Waals surface area contributed by atoms with Gasteiger partial charge in [-0.05, 0) is 18.1 Å². The van der Waals surface area contributed by atoms with Gasteiger partial charge in [-0.25, -0.2) is 4.79 Å². The number of hydrogen-bond acceptors (Lipinski definition) is 5. The predicted molar refractivity (Wildman–Crippen MR) is 101 cm³/mol. The first kappa shape index (κ1) is 20.6. The fourth-order valence-electron chi connectivity index (χ4n) is 2.66. The molecule has 6 nitrogen and oxygen atoms in total. The highest BCUT2D eigenvalue weighted by Crippen LogP contribution is 2.19. The first-order chi connectivity index (χ1) is 13.1. The van der Waals surface area contributed by atoms with Crippen molar-refractivity contribution < 1.29 is 23.8 Å². The normalized spacial score (nSPS) is 14.0. The SMILES string of the molecule is CO[C@@H](C(=O)NC[C@H](C)OC(=O)[C@H](OC)c1ccccc1)c1ccccc1. The monoisotopic (exact) mass is 371 g/mol. The molecule has 144 valence electrons. The minimum absolute atomic E-state index is 0.169. The van der Waals surface area contributed by atoms with E-state index in [-0.39, 0.29) is 12.5 Å². The predicted octanol–water partition coefficient (Wildman–Crippen LogP) is 2.81. The third-order valence-corrected chi connectivity index (χ3v) is 4.01. The Balaban J connectivity index is 1.88. The van der Waals surface area contributed by atoms with Gasteiger partial charge in [-0.2, -0.15) is 0 Å². The molecule has 0 fully saturated rings. The number of ether oxygens (including phenoxy) is 3. The molecule has 0 heterocycles. The zero-order valence-corrected chi connectivity index (χ0v) is 15.8. The lowest BCUT2D eigenvalue weighted by Gasteiger charge is -2.20. The Morgan fingerprint density at radius 1 is 0.852 bits per heavy atom. The Labute approximate surface area is 159 Å². The fraction of sp³-hybridized carbons (Fsp3) is 0.333. The highest BCUT2D eigenvalue weighted by atomic mass is 16.6. The van der Waals surface area contributed by atoms with E-state index in [1.165, 1.54) is 14.2 Å². The van der Waals surface area contributed by atoms with Crippen LogP contribution in [0.1, 0.15) is 30.3 Å². The van der Waals surface area contributed by atoms with Crippen molar-refractivity contribution in [1.29, 1.82) is 0 Å². The van der Waals surface area contributed by atoms with Crippen molar-refractivity contribution in [2.45, 2.75) is 25.2 Å². The molecule has 0 bridgehead atoms. The molecule has 2 aromatic carbocycles. The number of amides is 1. The van der Waals surface area contributed by atoms with E-state index >= 15 is 0 Å². The van der Waals surface area contributed by atoms with Crippen LogP contribution in [-0.4, -0.2) is 38.7 Å². The summed E-state index contributed by atoms with van der Waals surface area (Å²) in [5, 5.41) is 2.75. The number of nitrogens with one attached hydrogen (secondary N) is 1. The van der Waals surface area contributed by atoms with Crippen LogP contribution in [0.4, 0.5) is 0 Å². The molecule has 2 aromatic rings. The van der Waals surface area contributed by atoms with Crippen LogP contribution in [0.25, 0.3) is 0 Å². The summed E-state index contributed by atoms with van der Waals surface area (Å²) >= 11 is 0. The van der Waals surface area contributed by atoms with E-state index < -0.39 is 24.3 Å². The molecule has 1 N–H and O–H groups in total. The van der Waals surface area contributed by atoms with Crippen molar-refractivity contribution in [2.75, 3.05) is 20.8 Å². The van der Waals surface area contributed by atoms with Crippen molar-refractivity contribution in [2.24, 2.45) is 0 Å². The second kappa shape index (κ2) is 10.4. The van der Waals surface area contributed by atoms with Crippen molar-refractivity contribution >= 4 is 11.9 Å². The summed E-state index contributed by atoms with van der Waals surface area (Å²) in [6.07, 6.45) is -2.04. The average Bonchev–Trinajstić information content (AvgIpc) is 2.69. The Hall–Kier alpha value is -2.70. The maximum absolute atomic E-state index is 12.4. The van der Waals surface area contributed by atoms with E-state index in [1.807, 2.05) is 48.5 Å². The molecule has 27 heavy (non-hydrogen) atoms. The van der Waals surface area contributed by atoms with Gasteiger partial charge in [0.1, 0.15) is 6.10 Å². The number of carbonyl (C=O) groups is 2. The molecule has 0 aliphatic carbocycles. The number of hydrogen-bond donors (Lipinski definition) is 1. The number of esters is 1. The van der Waals surface area contributed by atoms with Crippen LogP contribution >= 0.6 is 0 Å². The van der Waals surface area contributed by atoms with Gasteiger partial charge in [0.2, 0.25) is 0 Å². The van der Waals surface area contributed by atoms with Crippen LogP contribution in [0, 0.1) is 0 Å². The Morgan fingerprint density at radius 2 is 1.33 bits per heavy atom. The van der Waals surface area contributed by atoms with Gasteiger partial charge in [-0.3, -0.25) is 4.79 Å². The van der Waals surface area contributed by atoms with Crippen LogP contribution in [-0.2, 0) is 23.8 Å². The maximum Gasteiger partial charge on any atom is 0.340 e. The molecule has 0 radical (unpaired) electrons. The molecule has 6 heteroatoms. The third kappa shape index (κ3) is 5.91. The first-order valence-electron chi connectivity index (χ1n) is 8.70. The lowest BCUT2D eigenvalue weighted by atomic mass is 10.1. The number of carbonyl (C=O) groups excluding carboxylic acids is 2. The van der Waals surface area contributed by atoms with Crippen LogP contribution < -0.4 is 5.32 Å². The molecule has 0 saturated heterocycles. The van der Waals surface area contributed by atoms with Gasteiger partial charge in [0.25, 0.3) is 5.91 Å². The van der Waals surface area contributed by atoms with Crippen LogP contribution in [0.3, 0.4) is 0 Å². The van der Waals surface area contributed by atoms with Crippen LogP contribution in [0.15, 0.2) is 60.7 Å². The summed E-state index contributed by atoms with van der Waals surface area (Å²) < 4.78 is 15.9. The van der Waals surface area contributed by atoms with Gasteiger partial charge in [-0.1, -0.05) is 60.7 Å². The number of benzene rings is 2. The third-order valence-electron chi connectivity index (χ3n) is 4.01. The summed E-state index contributed by atoms with van der Waals surface area (Å²) in [4.78, 5) is 24.7. The molecular weight excluding hydrogens is 346 g/mol. The van der Waals surface area contributed by atoms with E-state index in [4.69, 9.17) is 14.2 Å². The van der Waals surface area contributed by atoms with Gasteiger partial charge in [0.05, 0.1) is 6.54 Å². The van der Waals surface area contributed by atoms with Crippen molar-refractivity contribution in [3.63, 3.8) is 0 Å². The number of methoxy groups -OCH3 is 2. The summed E-state index contributed by atoms with van der Waals surface area (Å²) in [6.45, 7) is 1.88. The second-order valence-corrected chi connectivity index (χ2v) is 6.05. The molecule has 2 rings (SSSR count). The zero-order chi connectivity index (χ0) is 19.6. The lowest BCUT2D eigenvalue weighted by Crippen LogP contribution is -2.37. The van der Waals surface area contributed by atoms with E-state index in [0.29, 0.717) is 5.56 Å². The molecule has 1 amide bonds. The minimum Gasteiger partial charge on any atom is -0.459 e. The standard InChI is InChI=1S/C21H25NO5/c1-15(27-21(24)19(26-3)17-12-8-5-9-13-17)14-22-20(23)18(25-2)16-10-6-4-7-11-16/h4-13,15,18-19H,14H2,1-3H3,(H,22,23)/t15-,18+,19+/m0/s1. The molecular formula is C21H25NO5. The van der Waals surface area contributed by atoms with Crippen molar-refractivity contribution in [3.05, 3.63) is 71.8 Å². The fourth-order valence-corrected chi connectivity index (χ4v) is 2.66. The van der Waals surface area contributed by atoms with Gasteiger partial charge >= 0.3 is 5.97 Å². The smallest absolute Gasteiger partial charge is 0.340 e. The first-order valence-corrected chi connectivity index (χ1v) is 8.70. The Kier molecular flexibility index (Phi) is 7.98. The van der Waals surface area contributed by atoms with Gasteiger partial charge in [0.15, 0.2) is 12.2 Å². The highest BCUT2D eigenvalue weighted by Gasteiger charge is 2.25. The second-order valence-electron chi connectivity index (χ2n) is 6.05. The Morgan fingerprint density at radius 3 is 1.81 bits per heavy atom. The molecule has 0 unspecified atom stereocenters. The largest absolute Gasteiger partial charge is 0.459 e. The summed E-state index contributed by atoms with van der Waals surface area (Å²) in [5.74, 6) is -0.797. The van der Waals surface area contributed by atoms with E-state index in [1.54, 1.807) is 19.1 Å². The molecule has 0 aromatic heterocycles. The van der Waals surface area contributed by atoms with Gasteiger partial charge in [-0.15, -0.1) is 0 Å². The summed E-state index contributed by atoms with van der Waals surface area (Å²) in [7, 11) is 2.93. The van der Waals surface area contributed by atoms with Gasteiger partial charge in [0, 0.05) is 14.2 Å². The summed E-state index contributed by atoms with van der Waals surface area (Å²) in [5.41, 5.74) is 1.47. The minimum atomic E-state index is -0.805. The molecule has 3 atom stereocenters. The van der Waals surface area contributed by atoms with Crippen molar-refractivity contribution in [3.8, 4) is 0 Å². The zero-order valence-electron chi connectivity index (χ0n) is 15.8. The average molecular weight is 371 g/mol. The molecule has 0 aliphatic rings. The maximum atomic E-state index is 12.4. The number of rotatable bonds is 9. The lowest BCUT2D eigenvalue weighted by molar-refractivity contribution is -0.161. The van der Waals surface area contributed by atoms with Crippen molar-refractivity contribution in [1.82, 2.24) is 5.32 Å². The van der Waals surface area contributed by atoms with E-state index in [9.17, 15) is 9.59 Å². The Bertz CT molecular complexity index is 720. The van der Waals surface area contributed by atoms with E-state index in [0.717, 1.165) is 5.56 Å². The topological polar surface area (TPSA) is 73.9 Å². The molecule has 0 aliphatic heterocycles. The summed E-state index contributed by atoms with van der Waals surface area (Å²) in [6, 6.07) is 18.3.